The molecule has 0 atom stereocenters. The van der Waals surface area contributed by atoms with Gasteiger partial charge < -0.3 is 9.84 Å². The summed E-state index contributed by atoms with van der Waals surface area (Å²) in [6.45, 7) is 2.18. The lowest BCUT2D eigenvalue weighted by Gasteiger charge is -2.08. The fourth-order valence-electron chi connectivity index (χ4n) is 3.51. The van der Waals surface area contributed by atoms with Crippen molar-refractivity contribution >= 4 is 39.2 Å². The molecule has 0 bridgehead atoms. The fourth-order valence-corrected chi connectivity index (χ4v) is 3.51. The zero-order valence-corrected chi connectivity index (χ0v) is 17.5. The molecule has 2 N–H and O–H groups in total. The highest BCUT2D eigenvalue weighted by Gasteiger charge is 2.11. The number of ether oxygens (including phenoxy) is 1. The minimum Gasteiger partial charge on any atom is -0.481 e. The van der Waals surface area contributed by atoms with E-state index < -0.39 is 5.97 Å². The van der Waals surface area contributed by atoms with Crippen LogP contribution in [-0.2, 0) is 16.0 Å². The summed E-state index contributed by atoms with van der Waals surface area (Å²) in [5.74, 6) is -0.603. The average molecular weight is 430 g/mol. The molecule has 0 saturated heterocycles. The number of carboxylic acid groups (broad SMARTS) is 1. The fraction of sp³-hybridized carbons (Fsp3) is 0.208. The van der Waals surface area contributed by atoms with Crippen molar-refractivity contribution in [2.24, 2.45) is 4.99 Å². The van der Waals surface area contributed by atoms with Crippen molar-refractivity contribution in [1.82, 2.24) is 15.2 Å². The lowest BCUT2D eigenvalue weighted by molar-refractivity contribution is -0.136. The number of para-hydroxylation sites is 1. The van der Waals surface area contributed by atoms with Crippen molar-refractivity contribution in [3.8, 4) is 0 Å². The van der Waals surface area contributed by atoms with Crippen molar-refractivity contribution in [2.75, 3.05) is 6.61 Å². The molecule has 32 heavy (non-hydrogen) atoms. The highest BCUT2D eigenvalue weighted by atomic mass is 16.5. The van der Waals surface area contributed by atoms with E-state index in [1.807, 2.05) is 30.5 Å². The van der Waals surface area contributed by atoms with E-state index in [-0.39, 0.29) is 18.4 Å². The Bertz CT molecular complexity index is 1380. The molecule has 0 amide bonds. The SMILES string of the molecule is CCOC(CCC(=O)O)=Nc1ccc2c(Cc3cnc4ccccc4c3)n[nH]c(=O)c2c1. The van der Waals surface area contributed by atoms with Gasteiger partial charge >= 0.3 is 5.97 Å². The van der Waals surface area contributed by atoms with Gasteiger partial charge in [0, 0.05) is 29.8 Å². The molecule has 2 aromatic heterocycles. The van der Waals surface area contributed by atoms with Gasteiger partial charge in [-0.3, -0.25) is 14.6 Å². The molecule has 0 aliphatic rings. The van der Waals surface area contributed by atoms with Crippen LogP contribution in [0.3, 0.4) is 0 Å². The summed E-state index contributed by atoms with van der Waals surface area (Å²) in [6, 6.07) is 15.2. The molecule has 162 valence electrons. The standard InChI is InChI=1S/C24H22N4O4/c1-2-32-22(9-10-23(29)30)26-17-7-8-18-19(13-17)24(31)28-27-21(18)12-15-11-16-5-3-4-6-20(16)25-14-15/h3-8,11,13-14H,2,9-10,12H2,1H3,(H,28,31)(H,29,30). The van der Waals surface area contributed by atoms with Gasteiger partial charge in [-0.25, -0.2) is 10.1 Å². The Morgan fingerprint density at radius 3 is 2.78 bits per heavy atom. The number of benzene rings is 2. The lowest BCUT2D eigenvalue weighted by Crippen LogP contribution is -2.11. The number of hydrogen-bond acceptors (Lipinski definition) is 6. The number of carboxylic acids is 1. The van der Waals surface area contributed by atoms with E-state index in [2.05, 4.69) is 26.2 Å². The smallest absolute Gasteiger partial charge is 0.303 e. The minimum absolute atomic E-state index is 0.0825. The highest BCUT2D eigenvalue weighted by molar-refractivity contribution is 5.89. The summed E-state index contributed by atoms with van der Waals surface area (Å²) in [5.41, 5.74) is 2.83. The van der Waals surface area contributed by atoms with E-state index in [1.54, 1.807) is 25.1 Å². The number of aliphatic carboxylic acids is 1. The van der Waals surface area contributed by atoms with Gasteiger partial charge in [0.1, 0.15) is 0 Å². The van der Waals surface area contributed by atoms with Crippen LogP contribution in [0, 0.1) is 0 Å². The van der Waals surface area contributed by atoms with Crippen molar-refractivity contribution < 1.29 is 14.6 Å². The molecule has 2 heterocycles. The van der Waals surface area contributed by atoms with E-state index in [0.29, 0.717) is 30.0 Å². The lowest BCUT2D eigenvalue weighted by atomic mass is 10.0. The molecule has 8 nitrogen and oxygen atoms in total. The maximum atomic E-state index is 12.4. The number of nitrogens with zero attached hydrogens (tertiary/aromatic N) is 3. The maximum absolute atomic E-state index is 12.4. The number of aliphatic imine (C=N–C) groups is 1. The Kier molecular flexibility index (Phi) is 6.21. The van der Waals surface area contributed by atoms with Gasteiger partial charge in [-0.1, -0.05) is 24.3 Å². The van der Waals surface area contributed by atoms with Crippen LogP contribution in [0.2, 0.25) is 0 Å². The van der Waals surface area contributed by atoms with Crippen LogP contribution in [0.1, 0.15) is 31.0 Å². The predicted molar refractivity (Wildman–Crippen MR) is 123 cm³/mol. The van der Waals surface area contributed by atoms with Crippen molar-refractivity contribution in [3.05, 3.63) is 76.3 Å². The molecule has 2 aromatic carbocycles. The molecule has 0 aliphatic carbocycles. The molecule has 8 heteroatoms. The normalized spacial score (nSPS) is 11.7. The number of aromatic nitrogens is 3. The quantitative estimate of drug-likeness (QED) is 0.338. The highest BCUT2D eigenvalue weighted by Crippen LogP contribution is 2.23. The van der Waals surface area contributed by atoms with E-state index in [9.17, 15) is 9.59 Å². The first-order valence-corrected chi connectivity index (χ1v) is 10.3. The van der Waals surface area contributed by atoms with Gasteiger partial charge in [-0.2, -0.15) is 5.10 Å². The molecule has 0 radical (unpaired) electrons. The molecule has 0 fully saturated rings. The minimum atomic E-state index is -0.925. The van der Waals surface area contributed by atoms with Gasteiger partial charge in [-0.05, 0) is 36.8 Å². The second kappa shape index (κ2) is 9.38. The molecule has 4 aromatic rings. The van der Waals surface area contributed by atoms with Crippen LogP contribution in [0.5, 0.6) is 0 Å². The zero-order chi connectivity index (χ0) is 22.5. The summed E-state index contributed by atoms with van der Waals surface area (Å²) < 4.78 is 5.46. The Hall–Kier alpha value is -4.07. The largest absolute Gasteiger partial charge is 0.481 e. The van der Waals surface area contributed by atoms with Crippen molar-refractivity contribution in [1.29, 1.82) is 0 Å². The first-order valence-electron chi connectivity index (χ1n) is 10.3. The number of pyridine rings is 1. The molecule has 0 unspecified atom stereocenters. The first-order chi connectivity index (χ1) is 15.5. The third-order valence-electron chi connectivity index (χ3n) is 4.99. The van der Waals surface area contributed by atoms with Crippen molar-refractivity contribution in [2.45, 2.75) is 26.2 Å². The summed E-state index contributed by atoms with van der Waals surface area (Å²) in [4.78, 5) is 32.2. The number of carbonyl (C=O) groups is 1. The number of H-pyrrole nitrogens is 1. The Morgan fingerprint density at radius 1 is 1.12 bits per heavy atom. The average Bonchev–Trinajstić information content (AvgIpc) is 2.79. The van der Waals surface area contributed by atoms with Crippen LogP contribution in [-0.4, -0.2) is 38.8 Å². The van der Waals surface area contributed by atoms with Gasteiger partial charge in [0.05, 0.1) is 35.3 Å². The molecular formula is C24H22N4O4. The summed E-state index contributed by atoms with van der Waals surface area (Å²) in [5, 5.41) is 18.0. The van der Waals surface area contributed by atoms with Crippen LogP contribution in [0.15, 0.2) is 64.5 Å². The van der Waals surface area contributed by atoms with E-state index in [1.165, 1.54) is 0 Å². The number of rotatable bonds is 7. The van der Waals surface area contributed by atoms with Gasteiger partial charge in [-0.15, -0.1) is 0 Å². The van der Waals surface area contributed by atoms with Gasteiger partial charge in [0.25, 0.3) is 5.56 Å². The van der Waals surface area contributed by atoms with E-state index in [0.717, 1.165) is 27.5 Å². The number of hydrogen-bond donors (Lipinski definition) is 2. The summed E-state index contributed by atoms with van der Waals surface area (Å²) in [6.07, 6.45) is 2.42. The third-order valence-corrected chi connectivity index (χ3v) is 4.99. The Morgan fingerprint density at radius 2 is 1.97 bits per heavy atom. The molecule has 4 rings (SSSR count). The monoisotopic (exact) mass is 430 g/mol. The second-order valence-electron chi connectivity index (χ2n) is 7.27. The summed E-state index contributed by atoms with van der Waals surface area (Å²) >= 11 is 0. The number of nitrogens with one attached hydrogen (secondary N) is 1. The Labute approximate surface area is 183 Å². The molecule has 0 spiro atoms. The third kappa shape index (κ3) is 4.80. The van der Waals surface area contributed by atoms with E-state index in [4.69, 9.17) is 9.84 Å². The Balaban J connectivity index is 1.68. The van der Waals surface area contributed by atoms with E-state index >= 15 is 0 Å². The van der Waals surface area contributed by atoms with Crippen LogP contribution in [0.25, 0.3) is 21.7 Å². The topological polar surface area (TPSA) is 118 Å². The maximum Gasteiger partial charge on any atom is 0.303 e. The first kappa shape index (κ1) is 21.2. The van der Waals surface area contributed by atoms with Crippen LogP contribution >= 0.6 is 0 Å². The number of fused-ring (bicyclic) bond motifs is 2. The van der Waals surface area contributed by atoms with Gasteiger partial charge in [0.2, 0.25) is 0 Å². The number of aromatic amines is 1. The predicted octanol–water partition coefficient (Wildman–Crippen LogP) is 3.99. The van der Waals surface area contributed by atoms with Crippen LogP contribution < -0.4 is 5.56 Å². The molecule has 0 saturated carbocycles. The second-order valence-corrected chi connectivity index (χ2v) is 7.27. The molecular weight excluding hydrogens is 408 g/mol. The summed E-state index contributed by atoms with van der Waals surface area (Å²) in [7, 11) is 0. The van der Waals surface area contributed by atoms with Crippen molar-refractivity contribution in [3.63, 3.8) is 0 Å². The van der Waals surface area contributed by atoms with Gasteiger partial charge in [0.15, 0.2) is 5.90 Å². The zero-order valence-electron chi connectivity index (χ0n) is 17.5. The van der Waals surface area contributed by atoms with Crippen LogP contribution in [0.4, 0.5) is 5.69 Å². The molecule has 0 aliphatic heterocycles.